The zero-order chi connectivity index (χ0) is 69.8. The van der Waals surface area contributed by atoms with Crippen molar-refractivity contribution in [3.8, 4) is 44.5 Å². The van der Waals surface area contributed by atoms with Crippen LogP contribution >= 0.6 is 0 Å². The first kappa shape index (κ1) is 30.1. The van der Waals surface area contributed by atoms with Crippen molar-refractivity contribution < 1.29 is 27.4 Å². The molecule has 0 radical (unpaired) electrons. The molecule has 0 spiro atoms. The summed E-state index contributed by atoms with van der Waals surface area (Å²) in [4.78, 5) is 4.01. The van der Waals surface area contributed by atoms with Gasteiger partial charge in [0, 0.05) is 32.7 Å². The van der Waals surface area contributed by atoms with Gasteiger partial charge < -0.3 is 9.80 Å². The lowest BCUT2D eigenvalue weighted by molar-refractivity contribution is 1.28. The minimum atomic E-state index is -0.629. The van der Waals surface area contributed by atoms with Crippen LogP contribution in [0.2, 0.25) is 0 Å². The van der Waals surface area contributed by atoms with Crippen molar-refractivity contribution in [2.75, 3.05) is 9.80 Å². The fraction of sp³-hybridized carbons (Fsp3) is 0.0526. The zero-order valence-electron chi connectivity index (χ0n) is 62.8. The van der Waals surface area contributed by atoms with Crippen LogP contribution in [-0.4, -0.2) is 0 Å². The molecular formula is C76H56N2. The van der Waals surface area contributed by atoms with E-state index in [1.807, 2.05) is 135 Å². The van der Waals surface area contributed by atoms with Crippen molar-refractivity contribution in [2.24, 2.45) is 0 Å². The van der Waals surface area contributed by atoms with Gasteiger partial charge in [-0.15, -0.1) is 0 Å². The summed E-state index contributed by atoms with van der Waals surface area (Å²) in [7, 11) is 0. The Kier molecular flexibility index (Phi) is 7.38. The molecule has 0 aliphatic carbocycles. The average Bonchev–Trinajstić information content (AvgIpc) is 0.714. The van der Waals surface area contributed by atoms with Crippen LogP contribution in [0.4, 0.5) is 34.1 Å². The van der Waals surface area contributed by atoms with Crippen LogP contribution in [-0.2, 0) is 0 Å². The molecule has 14 rings (SSSR count). The molecule has 0 unspecified atom stereocenters. The number of anilines is 6. The van der Waals surface area contributed by atoms with Crippen molar-refractivity contribution in [3.63, 3.8) is 0 Å². The second-order valence-electron chi connectivity index (χ2n) is 19.6. The van der Waals surface area contributed by atoms with Gasteiger partial charge in [-0.05, 0) is 153 Å². The molecule has 0 saturated heterocycles. The number of rotatable bonds is 10. The van der Waals surface area contributed by atoms with Gasteiger partial charge in [0.2, 0.25) is 0 Å². The quantitative estimate of drug-likeness (QED) is 0.126. The van der Waals surface area contributed by atoms with Crippen LogP contribution in [0.1, 0.15) is 49.7 Å². The van der Waals surface area contributed by atoms with Crippen molar-refractivity contribution in [3.05, 3.63) is 289 Å². The van der Waals surface area contributed by atoms with E-state index in [2.05, 4.69) is 12.1 Å². The largest absolute Gasteiger partial charge is 0.308 e. The van der Waals surface area contributed by atoms with Crippen molar-refractivity contribution >= 4 is 88.0 Å². The summed E-state index contributed by atoms with van der Waals surface area (Å²) >= 11 is 0. The molecule has 0 bridgehead atoms. The average molecular weight is 1020 g/mol. The fourth-order valence-electron chi connectivity index (χ4n) is 11.3. The predicted molar refractivity (Wildman–Crippen MR) is 335 cm³/mol. The lowest BCUT2D eigenvalue weighted by Gasteiger charge is -2.33. The molecule has 0 N–H and O–H groups in total. The number of benzene rings is 14. The molecule has 14 aromatic carbocycles. The Hall–Kier alpha value is -9.76. The Bertz CT molecular complexity index is 5370. The van der Waals surface area contributed by atoms with Crippen molar-refractivity contribution in [1.29, 1.82) is 0 Å². The topological polar surface area (TPSA) is 6.48 Å². The summed E-state index contributed by atoms with van der Waals surface area (Å²) in [5.74, 6) is 0. The molecule has 0 atom stereocenters. The lowest BCUT2D eigenvalue weighted by atomic mass is 9.90. The molecule has 0 fully saturated rings. The van der Waals surface area contributed by atoms with Crippen LogP contribution in [0.25, 0.3) is 98.4 Å². The van der Waals surface area contributed by atoms with Gasteiger partial charge >= 0.3 is 0 Å². The molecule has 78 heavy (non-hydrogen) atoms. The van der Waals surface area contributed by atoms with Gasteiger partial charge in [0.25, 0.3) is 0 Å². The molecule has 370 valence electrons. The molecule has 2 heteroatoms. The van der Waals surface area contributed by atoms with Crippen LogP contribution in [0.3, 0.4) is 0 Å². The van der Waals surface area contributed by atoms with E-state index in [9.17, 15) is 5.48 Å². The Morgan fingerprint density at radius 1 is 0.269 bits per heavy atom. The normalized spacial score (nSPS) is 15.2. The highest BCUT2D eigenvalue weighted by Gasteiger charge is 2.28. The van der Waals surface area contributed by atoms with Crippen LogP contribution in [0, 0.1) is 27.7 Å². The van der Waals surface area contributed by atoms with E-state index >= 15 is 0 Å². The molecule has 0 aromatic heterocycles. The van der Waals surface area contributed by atoms with Gasteiger partial charge in [0.05, 0.1) is 61.5 Å². The molecule has 0 amide bonds. The maximum absolute atomic E-state index is 9.57. The first-order valence-electron chi connectivity index (χ1n) is 35.5. The minimum absolute atomic E-state index is 0.0900. The predicted octanol–water partition coefficient (Wildman–Crippen LogP) is 21.7. The van der Waals surface area contributed by atoms with E-state index in [1.54, 1.807) is 24.3 Å². The number of fused-ring (bicyclic) bond motifs is 2. The second kappa shape index (κ2) is 19.1. The maximum atomic E-state index is 9.57. The highest BCUT2D eigenvalue weighted by atomic mass is 15.2. The van der Waals surface area contributed by atoms with Crippen molar-refractivity contribution in [1.82, 2.24) is 0 Å². The summed E-state index contributed by atoms with van der Waals surface area (Å²) in [6.45, 7) is 7.86. The molecule has 14 aromatic rings. The molecule has 2 nitrogen and oxygen atoms in total. The summed E-state index contributed by atoms with van der Waals surface area (Å²) in [5.41, 5.74) is 6.20. The fourth-order valence-corrected chi connectivity index (χ4v) is 11.3. The monoisotopic (exact) mass is 1020 g/mol. The molecule has 0 heterocycles. The lowest BCUT2D eigenvalue weighted by Crippen LogP contribution is -2.15. The molecule has 0 aliphatic rings. The van der Waals surface area contributed by atoms with Gasteiger partial charge in [0.15, 0.2) is 0 Å². The van der Waals surface area contributed by atoms with Crippen LogP contribution in [0.15, 0.2) is 266 Å². The van der Waals surface area contributed by atoms with E-state index in [0.29, 0.717) is 44.9 Å². The Balaban J connectivity index is 1.12. The summed E-state index contributed by atoms with van der Waals surface area (Å²) in [6, 6.07) is 34.2. The number of hydrogen-bond donors (Lipinski definition) is 0. The van der Waals surface area contributed by atoms with Gasteiger partial charge in [0.1, 0.15) is 0 Å². The number of nitrogens with zero attached hydrogens (tertiary/aromatic N) is 2. The van der Waals surface area contributed by atoms with E-state index in [1.165, 1.54) is 12.1 Å². The Labute approximate surface area is 484 Å². The number of aryl methyl sites for hydroxylation is 4. The summed E-state index contributed by atoms with van der Waals surface area (Å²) < 4.78 is 180. The SMILES string of the molecule is [2H]c1c([2H])c([2H])c(-c2ccc(N(c3c(C)ccc4ccc(C)cc34)c3ccc4ccc5c(N(c6ccc(-c7c([2H])c([2H])c([2H])c([2H])c7[2H])cc6-c6c([2H])c([2H])c([2H])c([2H])c6[2H])c6c(C)ccc7ccc(C)cc67)ccc6ccc3c4c65)c(-c3c([2H])c([2H])c([2H])c([2H])c3[2H])c2)c([2H])c1[2H]. The van der Waals surface area contributed by atoms with Gasteiger partial charge in [-0.1, -0.05) is 229 Å². The number of hydrogen-bond acceptors (Lipinski definition) is 2. The van der Waals surface area contributed by atoms with Crippen LogP contribution in [0.5, 0.6) is 0 Å². The zero-order valence-corrected chi connectivity index (χ0v) is 42.8. The van der Waals surface area contributed by atoms with Gasteiger partial charge in [-0.2, -0.15) is 0 Å². The van der Waals surface area contributed by atoms with Crippen molar-refractivity contribution in [2.45, 2.75) is 27.7 Å². The summed E-state index contributed by atoms with van der Waals surface area (Å²) in [6.07, 6.45) is 0. The van der Waals surface area contributed by atoms with E-state index in [4.69, 9.17) is 21.9 Å². The smallest absolute Gasteiger partial charge is 0.0629 e. The maximum Gasteiger partial charge on any atom is 0.0629 e. The van der Waals surface area contributed by atoms with E-state index in [-0.39, 0.29) is 44.5 Å². The Morgan fingerprint density at radius 3 is 1.00 bits per heavy atom. The summed E-state index contributed by atoms with van der Waals surface area (Å²) in [5, 5.41) is 7.82. The molecular weight excluding hydrogens is 941 g/mol. The minimum Gasteiger partial charge on any atom is -0.308 e. The third-order valence-electron chi connectivity index (χ3n) is 14.8. The third-order valence-corrected chi connectivity index (χ3v) is 14.8. The second-order valence-corrected chi connectivity index (χ2v) is 19.6. The highest BCUT2D eigenvalue weighted by molar-refractivity contribution is 6.29. The standard InChI is InChI=1S/C76H56N2/c1-49-25-29-57-31-27-51(3)75(67(57)45-49)77(71-43-37-61(53-17-9-5-10-18-53)47-65(71)55-21-13-7-14-22-55)69-41-35-59-34-40-64-70(42-36-60-33-39-63(69)73(59)74(60)64)78(76-52(4)28-32-58-30-26-50(2)46-68(58)76)72-44-38-62(54-19-11-6-12-20-54)48-66(72)56-23-15-8-16-24-56/h5-48H,1-4H3/i5D,6D,7D,8D,9D,10D,11D,12D,13D,14D,15D,16D,17D,18D,19D,20D,21D,22D,23D,24D. The third kappa shape index (κ3) is 7.96. The van der Waals surface area contributed by atoms with Gasteiger partial charge in [-0.3, -0.25) is 0 Å². The van der Waals surface area contributed by atoms with E-state index < -0.39 is 121 Å². The van der Waals surface area contributed by atoms with E-state index in [0.717, 1.165) is 65.3 Å². The highest BCUT2D eigenvalue weighted by Crippen LogP contribution is 2.53. The van der Waals surface area contributed by atoms with Gasteiger partial charge in [-0.25, -0.2) is 0 Å². The molecule has 0 aliphatic heterocycles. The molecule has 0 saturated carbocycles. The first-order valence-corrected chi connectivity index (χ1v) is 25.5. The van der Waals surface area contributed by atoms with Crippen LogP contribution < -0.4 is 9.80 Å². The first-order chi connectivity index (χ1) is 46.6. The Morgan fingerprint density at radius 2 is 0.603 bits per heavy atom.